The fourth-order valence-corrected chi connectivity index (χ4v) is 4.01. The molecule has 2 fully saturated rings. The molecule has 7 nitrogen and oxygen atoms in total. The Kier molecular flexibility index (Phi) is 7.75. The summed E-state index contributed by atoms with van der Waals surface area (Å²) >= 11 is 0. The molecule has 2 aromatic rings. The number of aliphatic imine (C=N–C) groups is 1. The number of hydrogen-bond donors (Lipinski definition) is 2. The number of pyridine rings is 1. The number of likely N-dealkylation sites (tertiary alicyclic amines) is 1. The minimum atomic E-state index is 0.444. The fraction of sp³-hybridized carbons (Fsp3) is 0.565. The van der Waals surface area contributed by atoms with Crippen LogP contribution in [0.2, 0.25) is 0 Å². The Bertz CT molecular complexity index is 751. The van der Waals surface area contributed by atoms with Crippen molar-refractivity contribution in [3.63, 3.8) is 0 Å². The van der Waals surface area contributed by atoms with Crippen LogP contribution in [0.25, 0.3) is 0 Å². The Hall–Kier alpha value is -2.38. The lowest BCUT2D eigenvalue weighted by Gasteiger charge is -2.33. The van der Waals surface area contributed by atoms with Gasteiger partial charge in [0.05, 0.1) is 18.6 Å². The second-order valence-electron chi connectivity index (χ2n) is 8.19. The lowest BCUT2D eigenvalue weighted by molar-refractivity contribution is 0.187. The Morgan fingerprint density at radius 2 is 2.10 bits per heavy atom. The third-order valence-corrected chi connectivity index (χ3v) is 5.82. The van der Waals surface area contributed by atoms with Gasteiger partial charge in [0.15, 0.2) is 5.96 Å². The first-order chi connectivity index (χ1) is 14.8. The molecular formula is C23H33N5O2. The number of ether oxygens (including phenoxy) is 1. The zero-order valence-electron chi connectivity index (χ0n) is 17.6. The van der Waals surface area contributed by atoms with E-state index in [-0.39, 0.29) is 0 Å². The van der Waals surface area contributed by atoms with Gasteiger partial charge in [0.2, 0.25) is 0 Å². The van der Waals surface area contributed by atoms with E-state index in [0.29, 0.717) is 12.0 Å². The molecule has 4 rings (SSSR count). The molecule has 162 valence electrons. The zero-order chi connectivity index (χ0) is 20.4. The van der Waals surface area contributed by atoms with Crippen LogP contribution in [-0.2, 0) is 17.7 Å². The molecular weight excluding hydrogens is 378 g/mol. The molecule has 0 saturated carbocycles. The monoisotopic (exact) mass is 411 g/mol. The number of rotatable bonds is 8. The molecule has 7 heteroatoms. The summed E-state index contributed by atoms with van der Waals surface area (Å²) in [6.07, 6.45) is 7.77. The highest BCUT2D eigenvalue weighted by atomic mass is 16.5. The van der Waals surface area contributed by atoms with Gasteiger partial charge in [-0.15, -0.1) is 0 Å². The highest BCUT2D eigenvalue weighted by Crippen LogP contribution is 2.14. The van der Waals surface area contributed by atoms with Crippen LogP contribution in [0.3, 0.4) is 0 Å². The molecule has 2 aromatic heterocycles. The quantitative estimate of drug-likeness (QED) is 0.513. The summed E-state index contributed by atoms with van der Waals surface area (Å²) in [7, 11) is 0. The van der Waals surface area contributed by atoms with Crippen molar-refractivity contribution in [2.45, 2.75) is 38.3 Å². The Labute approximate surface area is 178 Å². The van der Waals surface area contributed by atoms with Gasteiger partial charge < -0.3 is 19.8 Å². The standard InChI is InChI=1S/C23H33N5O2/c1-2-10-24-21(4-1)17-28-12-7-20(8-13-28)27-23(26-16-19-9-15-29-18-19)25-11-6-22-5-3-14-30-22/h1-5,10,14,19-20H,6-9,11-13,15-18H2,(H2,25,26,27). The predicted octanol–water partition coefficient (Wildman–Crippen LogP) is 2.45. The van der Waals surface area contributed by atoms with Crippen molar-refractivity contribution in [1.82, 2.24) is 20.5 Å². The smallest absolute Gasteiger partial charge is 0.191 e. The SMILES string of the molecule is c1ccc(CN2CCC(NC(=NCC3CCOC3)NCCc3ccco3)CC2)nc1. The summed E-state index contributed by atoms with van der Waals surface area (Å²) in [6.45, 7) is 6.39. The molecule has 0 spiro atoms. The maximum atomic E-state index is 5.50. The fourth-order valence-electron chi connectivity index (χ4n) is 4.01. The summed E-state index contributed by atoms with van der Waals surface area (Å²) < 4.78 is 10.9. The number of guanidine groups is 1. The number of nitrogens with one attached hydrogen (secondary N) is 2. The number of furan rings is 1. The van der Waals surface area contributed by atoms with E-state index in [9.17, 15) is 0 Å². The summed E-state index contributed by atoms with van der Waals surface area (Å²) in [5.41, 5.74) is 1.14. The van der Waals surface area contributed by atoms with E-state index < -0.39 is 0 Å². The van der Waals surface area contributed by atoms with Gasteiger partial charge in [-0.2, -0.15) is 0 Å². The maximum absolute atomic E-state index is 5.50. The molecule has 30 heavy (non-hydrogen) atoms. The lowest BCUT2D eigenvalue weighted by Crippen LogP contribution is -2.49. The van der Waals surface area contributed by atoms with Gasteiger partial charge in [0.25, 0.3) is 0 Å². The van der Waals surface area contributed by atoms with Gasteiger partial charge in [-0.05, 0) is 43.5 Å². The van der Waals surface area contributed by atoms with Crippen LogP contribution in [0.15, 0.2) is 52.2 Å². The van der Waals surface area contributed by atoms with Crippen LogP contribution in [-0.4, -0.2) is 61.3 Å². The van der Waals surface area contributed by atoms with E-state index in [0.717, 1.165) is 89.0 Å². The maximum Gasteiger partial charge on any atom is 0.191 e. The largest absolute Gasteiger partial charge is 0.469 e. The molecule has 1 atom stereocenters. The van der Waals surface area contributed by atoms with Gasteiger partial charge in [-0.25, -0.2) is 0 Å². The van der Waals surface area contributed by atoms with Crippen molar-refractivity contribution < 1.29 is 9.15 Å². The van der Waals surface area contributed by atoms with E-state index in [4.69, 9.17) is 14.1 Å². The second-order valence-corrected chi connectivity index (χ2v) is 8.19. The molecule has 4 heterocycles. The van der Waals surface area contributed by atoms with Gasteiger partial charge in [-0.1, -0.05) is 6.07 Å². The van der Waals surface area contributed by atoms with Gasteiger partial charge in [-0.3, -0.25) is 14.9 Å². The molecule has 2 saturated heterocycles. The molecule has 0 aromatic carbocycles. The highest BCUT2D eigenvalue weighted by Gasteiger charge is 2.21. The molecule has 0 bridgehead atoms. The molecule has 2 aliphatic heterocycles. The Morgan fingerprint density at radius 1 is 1.17 bits per heavy atom. The van der Waals surface area contributed by atoms with Crippen LogP contribution < -0.4 is 10.6 Å². The van der Waals surface area contributed by atoms with Crippen molar-refractivity contribution in [2.75, 3.05) is 39.4 Å². The number of nitrogens with zero attached hydrogens (tertiary/aromatic N) is 3. The third kappa shape index (κ3) is 6.57. The topological polar surface area (TPSA) is 74.9 Å². The first kappa shape index (κ1) is 20.9. The van der Waals surface area contributed by atoms with Gasteiger partial charge in [0, 0.05) is 63.9 Å². The summed E-state index contributed by atoms with van der Waals surface area (Å²) in [5, 5.41) is 7.16. The van der Waals surface area contributed by atoms with Crippen LogP contribution in [0.4, 0.5) is 0 Å². The van der Waals surface area contributed by atoms with E-state index in [2.05, 4.69) is 32.7 Å². The number of aromatic nitrogens is 1. The lowest BCUT2D eigenvalue weighted by atomic mass is 10.0. The van der Waals surface area contributed by atoms with Gasteiger partial charge in [0.1, 0.15) is 5.76 Å². The van der Waals surface area contributed by atoms with Crippen LogP contribution in [0, 0.1) is 5.92 Å². The number of piperidine rings is 1. The van der Waals surface area contributed by atoms with E-state index >= 15 is 0 Å². The summed E-state index contributed by atoms with van der Waals surface area (Å²) in [4.78, 5) is 11.8. The third-order valence-electron chi connectivity index (χ3n) is 5.82. The molecule has 1 unspecified atom stereocenters. The Morgan fingerprint density at radius 3 is 2.83 bits per heavy atom. The normalized spacial score (nSPS) is 21.1. The second kappa shape index (κ2) is 11.1. The van der Waals surface area contributed by atoms with Crippen molar-refractivity contribution in [3.8, 4) is 0 Å². The molecule has 2 aliphatic rings. The summed E-state index contributed by atoms with van der Waals surface area (Å²) in [6, 6.07) is 10.5. The average Bonchev–Trinajstić information content (AvgIpc) is 3.48. The van der Waals surface area contributed by atoms with Crippen molar-refractivity contribution >= 4 is 5.96 Å². The number of hydrogen-bond acceptors (Lipinski definition) is 5. The van der Waals surface area contributed by atoms with E-state index in [1.807, 2.05) is 24.4 Å². The first-order valence-electron chi connectivity index (χ1n) is 11.1. The Balaban J connectivity index is 1.25. The van der Waals surface area contributed by atoms with Crippen molar-refractivity contribution in [2.24, 2.45) is 10.9 Å². The van der Waals surface area contributed by atoms with Crippen LogP contribution >= 0.6 is 0 Å². The van der Waals surface area contributed by atoms with E-state index in [1.54, 1.807) is 6.26 Å². The molecule has 0 aliphatic carbocycles. The van der Waals surface area contributed by atoms with Crippen LogP contribution in [0.5, 0.6) is 0 Å². The summed E-state index contributed by atoms with van der Waals surface area (Å²) in [5.74, 6) is 2.44. The predicted molar refractivity (Wildman–Crippen MR) is 117 cm³/mol. The first-order valence-corrected chi connectivity index (χ1v) is 11.1. The van der Waals surface area contributed by atoms with Gasteiger partial charge >= 0.3 is 0 Å². The van der Waals surface area contributed by atoms with Crippen molar-refractivity contribution in [3.05, 3.63) is 54.2 Å². The minimum absolute atomic E-state index is 0.444. The molecule has 0 radical (unpaired) electrons. The average molecular weight is 412 g/mol. The van der Waals surface area contributed by atoms with Crippen molar-refractivity contribution in [1.29, 1.82) is 0 Å². The minimum Gasteiger partial charge on any atom is -0.469 e. The highest BCUT2D eigenvalue weighted by molar-refractivity contribution is 5.80. The molecule has 0 amide bonds. The molecule has 2 N–H and O–H groups in total. The van der Waals surface area contributed by atoms with E-state index in [1.165, 1.54) is 0 Å². The van der Waals surface area contributed by atoms with Crippen LogP contribution in [0.1, 0.15) is 30.7 Å². The zero-order valence-corrected chi connectivity index (χ0v) is 17.6.